The molecule has 0 saturated carbocycles. The Morgan fingerprint density at radius 2 is 2.00 bits per heavy atom. The van der Waals surface area contributed by atoms with Crippen LogP contribution in [0.5, 0.6) is 11.5 Å². The average Bonchev–Trinajstić information content (AvgIpc) is 3.21. The maximum absolute atomic E-state index is 5.37. The van der Waals surface area contributed by atoms with Crippen LogP contribution in [0.15, 0.2) is 34.6 Å². The number of benzene rings is 1. The number of methoxy groups -OCH3 is 2. The van der Waals surface area contributed by atoms with Gasteiger partial charge in [0.25, 0.3) is 0 Å². The van der Waals surface area contributed by atoms with Gasteiger partial charge < -0.3 is 20.1 Å². The molecule has 0 radical (unpaired) electrons. The van der Waals surface area contributed by atoms with Gasteiger partial charge in [-0.15, -0.1) is 35.3 Å². The molecule has 0 fully saturated rings. The molecule has 3 rings (SSSR count). The highest BCUT2D eigenvalue weighted by Gasteiger charge is 2.21. The molecule has 1 aromatic carbocycles. The highest BCUT2D eigenvalue weighted by Crippen LogP contribution is 2.27. The molecule has 1 aromatic heterocycles. The van der Waals surface area contributed by atoms with Crippen LogP contribution in [0.4, 0.5) is 0 Å². The van der Waals surface area contributed by atoms with E-state index in [0.717, 1.165) is 49.1 Å². The first-order chi connectivity index (χ1) is 13.6. The van der Waals surface area contributed by atoms with Crippen molar-refractivity contribution in [2.24, 2.45) is 4.99 Å². The second kappa shape index (κ2) is 11.6. The van der Waals surface area contributed by atoms with Crippen LogP contribution >= 0.6 is 35.3 Å². The number of guanidine groups is 1. The fourth-order valence-corrected chi connectivity index (χ4v) is 4.31. The zero-order valence-corrected chi connectivity index (χ0v) is 20.7. The van der Waals surface area contributed by atoms with Crippen molar-refractivity contribution in [1.29, 1.82) is 0 Å². The van der Waals surface area contributed by atoms with Crippen molar-refractivity contribution in [2.75, 3.05) is 34.4 Å². The van der Waals surface area contributed by atoms with Crippen molar-refractivity contribution in [2.45, 2.75) is 32.5 Å². The second-order valence-electron chi connectivity index (χ2n) is 6.93. The van der Waals surface area contributed by atoms with E-state index in [1.165, 1.54) is 5.56 Å². The monoisotopic (exact) mass is 530 g/mol. The van der Waals surface area contributed by atoms with E-state index in [1.54, 1.807) is 26.1 Å². The molecule has 0 aliphatic carbocycles. The lowest BCUT2D eigenvalue weighted by Crippen LogP contribution is -2.47. The van der Waals surface area contributed by atoms with Crippen LogP contribution in [0.1, 0.15) is 22.9 Å². The van der Waals surface area contributed by atoms with Gasteiger partial charge in [-0.25, -0.2) is 0 Å². The van der Waals surface area contributed by atoms with Gasteiger partial charge >= 0.3 is 0 Å². The number of fused-ring (bicyclic) bond motifs is 1. The summed E-state index contributed by atoms with van der Waals surface area (Å²) in [6.45, 7) is 5.95. The maximum atomic E-state index is 5.37. The van der Waals surface area contributed by atoms with Crippen molar-refractivity contribution in [3.63, 3.8) is 0 Å². The lowest BCUT2D eigenvalue weighted by atomic mass is 10.1. The normalized spacial score (nSPS) is 15.1. The summed E-state index contributed by atoms with van der Waals surface area (Å²) in [6, 6.07) is 8.62. The van der Waals surface area contributed by atoms with E-state index in [2.05, 4.69) is 38.9 Å². The van der Waals surface area contributed by atoms with Crippen molar-refractivity contribution in [3.8, 4) is 11.5 Å². The molecule has 6 nitrogen and oxygen atoms in total. The quantitative estimate of drug-likeness (QED) is 0.326. The highest BCUT2D eigenvalue weighted by atomic mass is 127. The van der Waals surface area contributed by atoms with Crippen LogP contribution in [0, 0.1) is 0 Å². The van der Waals surface area contributed by atoms with E-state index < -0.39 is 0 Å². The first-order valence-corrected chi connectivity index (χ1v) is 10.5. The van der Waals surface area contributed by atoms with Crippen LogP contribution in [0.25, 0.3) is 0 Å². The van der Waals surface area contributed by atoms with Crippen molar-refractivity contribution in [3.05, 3.63) is 45.6 Å². The highest BCUT2D eigenvalue weighted by molar-refractivity contribution is 14.0. The fourth-order valence-electron chi connectivity index (χ4n) is 3.42. The Morgan fingerprint density at radius 3 is 2.72 bits per heavy atom. The molecule has 2 N–H and O–H groups in total. The molecule has 0 saturated heterocycles. The number of rotatable bonds is 7. The largest absolute Gasteiger partial charge is 0.493 e. The average molecular weight is 530 g/mol. The minimum Gasteiger partial charge on any atom is -0.493 e. The van der Waals surface area contributed by atoms with E-state index >= 15 is 0 Å². The lowest BCUT2D eigenvalue weighted by molar-refractivity contribution is 0.192. The summed E-state index contributed by atoms with van der Waals surface area (Å²) in [5.74, 6) is 2.27. The van der Waals surface area contributed by atoms with Crippen LogP contribution < -0.4 is 20.1 Å². The first kappa shape index (κ1) is 23.8. The molecule has 29 heavy (non-hydrogen) atoms. The molecule has 0 amide bonds. The van der Waals surface area contributed by atoms with Crippen molar-refractivity contribution >= 4 is 41.3 Å². The van der Waals surface area contributed by atoms with E-state index in [1.807, 2.05) is 29.5 Å². The van der Waals surface area contributed by atoms with Crippen LogP contribution in [0.2, 0.25) is 0 Å². The Hall–Kier alpha value is -1.52. The topological polar surface area (TPSA) is 58.1 Å². The summed E-state index contributed by atoms with van der Waals surface area (Å²) in [4.78, 5) is 8.42. The van der Waals surface area contributed by atoms with Gasteiger partial charge in [0, 0.05) is 44.1 Å². The van der Waals surface area contributed by atoms with E-state index in [-0.39, 0.29) is 24.0 Å². The number of nitrogens with one attached hydrogen (secondary N) is 2. The third kappa shape index (κ3) is 6.23. The molecule has 1 aliphatic rings. The molecule has 0 spiro atoms. The Balaban J connectivity index is 0.00000300. The summed E-state index contributed by atoms with van der Waals surface area (Å²) >= 11 is 1.88. The third-order valence-corrected chi connectivity index (χ3v) is 6.18. The predicted octanol–water partition coefficient (Wildman–Crippen LogP) is 3.50. The number of nitrogens with zero attached hydrogens (tertiary/aromatic N) is 2. The predicted molar refractivity (Wildman–Crippen MR) is 131 cm³/mol. The number of halogens is 1. The number of hydrogen-bond acceptors (Lipinski definition) is 5. The minimum atomic E-state index is 0. The molecule has 0 bridgehead atoms. The van der Waals surface area contributed by atoms with Gasteiger partial charge in [-0.05, 0) is 48.1 Å². The molecular formula is C21H31IN4O2S. The number of ether oxygens (including phenoxy) is 2. The summed E-state index contributed by atoms with van der Waals surface area (Å²) in [5, 5.41) is 9.02. The molecule has 1 atom stereocenters. The van der Waals surface area contributed by atoms with Gasteiger partial charge in [0.05, 0.1) is 14.2 Å². The molecular weight excluding hydrogens is 499 g/mol. The lowest BCUT2D eigenvalue weighted by Gasteiger charge is -2.32. The Bertz CT molecular complexity index is 812. The van der Waals surface area contributed by atoms with E-state index in [0.29, 0.717) is 12.6 Å². The summed E-state index contributed by atoms with van der Waals surface area (Å²) in [5.41, 5.74) is 2.59. The second-order valence-corrected chi connectivity index (χ2v) is 7.94. The van der Waals surface area contributed by atoms with Gasteiger partial charge in [0.1, 0.15) is 0 Å². The van der Waals surface area contributed by atoms with Gasteiger partial charge in [-0.2, -0.15) is 0 Å². The van der Waals surface area contributed by atoms with Gasteiger partial charge in [0.15, 0.2) is 17.5 Å². The summed E-state index contributed by atoms with van der Waals surface area (Å²) < 4.78 is 10.7. The van der Waals surface area contributed by atoms with Crippen molar-refractivity contribution < 1.29 is 9.47 Å². The van der Waals surface area contributed by atoms with Gasteiger partial charge in [0.2, 0.25) is 0 Å². The number of aliphatic imine (C=N–C) groups is 1. The van der Waals surface area contributed by atoms with Gasteiger partial charge in [-0.1, -0.05) is 6.07 Å². The summed E-state index contributed by atoms with van der Waals surface area (Å²) in [7, 11) is 5.09. The Kier molecular flexibility index (Phi) is 9.51. The van der Waals surface area contributed by atoms with E-state index in [9.17, 15) is 0 Å². The molecule has 160 valence electrons. The molecule has 2 aromatic rings. The zero-order chi connectivity index (χ0) is 19.9. The molecule has 1 aliphatic heterocycles. The molecule has 8 heteroatoms. The first-order valence-electron chi connectivity index (χ1n) is 9.59. The number of thiophene rings is 1. The Labute approximate surface area is 194 Å². The van der Waals surface area contributed by atoms with E-state index in [4.69, 9.17) is 9.47 Å². The fraction of sp³-hybridized carbons (Fsp3) is 0.476. The van der Waals surface area contributed by atoms with Crippen LogP contribution in [-0.4, -0.2) is 51.3 Å². The SMILES string of the molecule is CN=C(NCc1ccc(OC)c(OC)c1)NCC(C)N1CCc2sccc2C1.I. The Morgan fingerprint density at radius 1 is 1.21 bits per heavy atom. The molecule has 1 unspecified atom stereocenters. The number of hydrogen-bond donors (Lipinski definition) is 2. The van der Waals surface area contributed by atoms with Gasteiger partial charge in [-0.3, -0.25) is 9.89 Å². The third-order valence-electron chi connectivity index (χ3n) is 5.16. The minimum absolute atomic E-state index is 0. The standard InChI is InChI=1S/C21H30N4O2S.HI/c1-15(25-9-7-20-17(14-25)8-10-28-20)12-23-21(22-2)24-13-16-5-6-18(26-3)19(11-16)27-4;/h5-6,8,10-11,15H,7,9,12-14H2,1-4H3,(H2,22,23,24);1H. The van der Waals surface area contributed by atoms with Crippen LogP contribution in [0.3, 0.4) is 0 Å². The summed E-state index contributed by atoms with van der Waals surface area (Å²) in [6.07, 6.45) is 1.16. The smallest absolute Gasteiger partial charge is 0.191 e. The van der Waals surface area contributed by atoms with Crippen LogP contribution in [-0.2, 0) is 19.5 Å². The maximum Gasteiger partial charge on any atom is 0.191 e. The zero-order valence-electron chi connectivity index (χ0n) is 17.5. The molecule has 2 heterocycles. The van der Waals surface area contributed by atoms with Crippen molar-refractivity contribution in [1.82, 2.24) is 15.5 Å².